The van der Waals surface area contributed by atoms with Gasteiger partial charge in [-0.3, -0.25) is 10.1 Å². The first kappa shape index (κ1) is 15.0. The Kier molecular flexibility index (Phi) is 4.90. The quantitative estimate of drug-likeness (QED) is 0.653. The highest BCUT2D eigenvalue weighted by atomic mass is 16.6. The van der Waals surface area contributed by atoms with Gasteiger partial charge in [0.25, 0.3) is 5.69 Å². The highest BCUT2D eigenvalue weighted by molar-refractivity contribution is 5.44. The van der Waals surface area contributed by atoms with E-state index in [1.807, 2.05) is 30.3 Å². The molecule has 0 saturated carbocycles. The van der Waals surface area contributed by atoms with Crippen molar-refractivity contribution in [1.29, 1.82) is 0 Å². The van der Waals surface area contributed by atoms with E-state index < -0.39 is 11.0 Å². The van der Waals surface area contributed by atoms with Crippen molar-refractivity contribution in [2.45, 2.75) is 19.4 Å². The van der Waals surface area contributed by atoms with Crippen molar-refractivity contribution in [2.24, 2.45) is 0 Å². The largest absolute Gasteiger partial charge is 0.493 e. The topological polar surface area (TPSA) is 72.6 Å². The van der Waals surface area contributed by atoms with Crippen molar-refractivity contribution in [1.82, 2.24) is 0 Å². The maximum Gasteiger partial charge on any atom is 0.270 e. The van der Waals surface area contributed by atoms with Gasteiger partial charge in [-0.05, 0) is 18.6 Å². The first-order chi connectivity index (χ1) is 10.1. The second-order valence-corrected chi connectivity index (χ2v) is 4.74. The molecule has 5 heteroatoms. The van der Waals surface area contributed by atoms with Crippen molar-refractivity contribution >= 4 is 5.69 Å². The zero-order valence-corrected chi connectivity index (χ0v) is 11.7. The molecule has 110 valence electrons. The van der Waals surface area contributed by atoms with Crippen molar-refractivity contribution in [3.8, 4) is 5.75 Å². The van der Waals surface area contributed by atoms with E-state index in [0.29, 0.717) is 17.9 Å². The molecule has 2 aromatic carbocycles. The SMILES string of the molecule is C[C@H](O)c1cc([N+](=O)[O-])ccc1OCCc1ccccc1. The number of aliphatic hydroxyl groups excluding tert-OH is 1. The molecule has 0 radical (unpaired) electrons. The lowest BCUT2D eigenvalue weighted by molar-refractivity contribution is -0.385. The predicted molar refractivity (Wildman–Crippen MR) is 79.4 cm³/mol. The molecule has 0 aromatic heterocycles. The van der Waals surface area contributed by atoms with E-state index in [9.17, 15) is 15.2 Å². The van der Waals surface area contributed by atoms with Crippen molar-refractivity contribution < 1.29 is 14.8 Å². The minimum Gasteiger partial charge on any atom is -0.493 e. The number of aliphatic hydroxyl groups is 1. The summed E-state index contributed by atoms with van der Waals surface area (Å²) in [6, 6.07) is 14.2. The monoisotopic (exact) mass is 287 g/mol. The molecule has 0 spiro atoms. The molecule has 1 atom stereocenters. The number of rotatable bonds is 6. The average Bonchev–Trinajstić information content (AvgIpc) is 2.48. The molecule has 1 N–H and O–H groups in total. The number of non-ortho nitro benzene ring substituents is 1. The number of hydrogen-bond acceptors (Lipinski definition) is 4. The molecule has 0 aliphatic heterocycles. The summed E-state index contributed by atoms with van der Waals surface area (Å²) in [7, 11) is 0. The zero-order valence-electron chi connectivity index (χ0n) is 11.7. The summed E-state index contributed by atoms with van der Waals surface area (Å²) in [6.07, 6.45) is -0.0894. The van der Waals surface area contributed by atoms with Gasteiger partial charge >= 0.3 is 0 Å². The van der Waals surface area contributed by atoms with E-state index in [0.717, 1.165) is 12.0 Å². The van der Waals surface area contributed by atoms with Gasteiger partial charge in [0.15, 0.2) is 0 Å². The minimum absolute atomic E-state index is 0.0543. The van der Waals surface area contributed by atoms with Crippen molar-refractivity contribution in [2.75, 3.05) is 6.61 Å². The lowest BCUT2D eigenvalue weighted by Crippen LogP contribution is -2.05. The summed E-state index contributed by atoms with van der Waals surface area (Å²) in [5.41, 5.74) is 1.52. The third kappa shape index (κ3) is 4.03. The van der Waals surface area contributed by atoms with Crippen LogP contribution in [-0.4, -0.2) is 16.6 Å². The van der Waals surface area contributed by atoms with Gasteiger partial charge in [0.05, 0.1) is 17.6 Å². The van der Waals surface area contributed by atoms with Gasteiger partial charge in [-0.2, -0.15) is 0 Å². The lowest BCUT2D eigenvalue weighted by atomic mass is 10.1. The first-order valence-electron chi connectivity index (χ1n) is 6.71. The van der Waals surface area contributed by atoms with Gasteiger partial charge in [0.2, 0.25) is 0 Å². The molecule has 0 aliphatic carbocycles. The number of benzene rings is 2. The Morgan fingerprint density at radius 1 is 1.24 bits per heavy atom. The summed E-state index contributed by atoms with van der Waals surface area (Å²) < 4.78 is 5.65. The number of nitro groups is 1. The Morgan fingerprint density at radius 3 is 2.57 bits per heavy atom. The number of ether oxygens (including phenoxy) is 1. The van der Waals surface area contributed by atoms with Crippen molar-refractivity contribution in [3.05, 3.63) is 69.8 Å². The zero-order chi connectivity index (χ0) is 15.2. The highest BCUT2D eigenvalue weighted by Crippen LogP contribution is 2.29. The molecule has 0 bridgehead atoms. The van der Waals surface area contributed by atoms with Crippen LogP contribution in [0.4, 0.5) is 5.69 Å². The van der Waals surface area contributed by atoms with Crippen LogP contribution in [-0.2, 0) is 6.42 Å². The van der Waals surface area contributed by atoms with Crippen LogP contribution < -0.4 is 4.74 Å². The fourth-order valence-corrected chi connectivity index (χ4v) is 2.03. The molecule has 0 amide bonds. The molecule has 0 fully saturated rings. The van der Waals surface area contributed by atoms with Crippen LogP contribution in [0.15, 0.2) is 48.5 Å². The van der Waals surface area contributed by atoms with Crippen LogP contribution in [0.1, 0.15) is 24.2 Å². The molecule has 2 rings (SSSR count). The van der Waals surface area contributed by atoms with Gasteiger partial charge in [-0.25, -0.2) is 0 Å². The average molecular weight is 287 g/mol. The minimum atomic E-state index is -0.823. The van der Waals surface area contributed by atoms with E-state index in [4.69, 9.17) is 4.74 Å². The lowest BCUT2D eigenvalue weighted by Gasteiger charge is -2.13. The van der Waals surface area contributed by atoms with Gasteiger partial charge < -0.3 is 9.84 Å². The standard InChI is InChI=1S/C16H17NO4/c1-12(18)15-11-14(17(19)20)7-8-16(15)21-10-9-13-5-3-2-4-6-13/h2-8,11-12,18H,9-10H2,1H3/t12-/m0/s1. The van der Waals surface area contributed by atoms with Gasteiger partial charge in [0, 0.05) is 24.1 Å². The molecule has 0 saturated heterocycles. The Morgan fingerprint density at radius 2 is 1.95 bits per heavy atom. The molecule has 0 heterocycles. The highest BCUT2D eigenvalue weighted by Gasteiger charge is 2.15. The van der Waals surface area contributed by atoms with Crippen molar-refractivity contribution in [3.63, 3.8) is 0 Å². The third-order valence-corrected chi connectivity index (χ3v) is 3.15. The molecule has 2 aromatic rings. The van der Waals surface area contributed by atoms with Gasteiger partial charge in [-0.15, -0.1) is 0 Å². The van der Waals surface area contributed by atoms with E-state index in [-0.39, 0.29) is 5.69 Å². The fraction of sp³-hybridized carbons (Fsp3) is 0.250. The van der Waals surface area contributed by atoms with Gasteiger partial charge in [-0.1, -0.05) is 30.3 Å². The molecule has 0 aliphatic rings. The molecule has 21 heavy (non-hydrogen) atoms. The van der Waals surface area contributed by atoms with E-state index >= 15 is 0 Å². The maximum absolute atomic E-state index is 10.8. The van der Waals surface area contributed by atoms with Gasteiger partial charge in [0.1, 0.15) is 5.75 Å². The van der Waals surface area contributed by atoms with Crippen LogP contribution in [0.5, 0.6) is 5.75 Å². The number of nitro benzene ring substituents is 1. The molecule has 0 unspecified atom stereocenters. The Labute approximate surface area is 123 Å². The summed E-state index contributed by atoms with van der Waals surface area (Å²) in [6.45, 7) is 2.00. The van der Waals surface area contributed by atoms with Crippen LogP contribution in [0.3, 0.4) is 0 Å². The Hall–Kier alpha value is -2.40. The second kappa shape index (κ2) is 6.85. The van der Waals surface area contributed by atoms with Crippen LogP contribution in [0.2, 0.25) is 0 Å². The summed E-state index contributed by atoms with van der Waals surface area (Å²) in [5, 5.41) is 20.5. The molecular weight excluding hydrogens is 270 g/mol. The predicted octanol–water partition coefficient (Wildman–Crippen LogP) is 3.27. The fourth-order valence-electron chi connectivity index (χ4n) is 2.03. The normalized spacial score (nSPS) is 11.9. The van der Waals surface area contributed by atoms with Crippen LogP contribution >= 0.6 is 0 Å². The summed E-state index contributed by atoms with van der Waals surface area (Å²) in [5.74, 6) is 0.478. The Balaban J connectivity index is 2.07. The summed E-state index contributed by atoms with van der Waals surface area (Å²) in [4.78, 5) is 10.3. The smallest absolute Gasteiger partial charge is 0.270 e. The van der Waals surface area contributed by atoms with Crippen LogP contribution in [0, 0.1) is 10.1 Å². The molecular formula is C16H17NO4. The van der Waals surface area contributed by atoms with E-state index in [1.54, 1.807) is 6.92 Å². The second-order valence-electron chi connectivity index (χ2n) is 4.74. The number of nitrogens with zero attached hydrogens (tertiary/aromatic N) is 1. The van der Waals surface area contributed by atoms with E-state index in [1.165, 1.54) is 18.2 Å². The van der Waals surface area contributed by atoms with Crippen LogP contribution in [0.25, 0.3) is 0 Å². The summed E-state index contributed by atoms with van der Waals surface area (Å²) >= 11 is 0. The van der Waals surface area contributed by atoms with E-state index in [2.05, 4.69) is 0 Å². The Bertz CT molecular complexity index is 611. The number of hydrogen-bond donors (Lipinski definition) is 1. The first-order valence-corrected chi connectivity index (χ1v) is 6.71. The molecule has 5 nitrogen and oxygen atoms in total. The third-order valence-electron chi connectivity index (χ3n) is 3.15. The maximum atomic E-state index is 10.8.